The van der Waals surface area contributed by atoms with Crippen molar-refractivity contribution in [3.8, 4) is 11.5 Å². The maximum Gasteiger partial charge on any atom is 0.256 e. The van der Waals surface area contributed by atoms with Crippen LogP contribution >= 0.6 is 23.2 Å². The van der Waals surface area contributed by atoms with Gasteiger partial charge in [0.15, 0.2) is 11.5 Å². The van der Waals surface area contributed by atoms with Crippen LogP contribution in [-0.4, -0.2) is 18.6 Å². The summed E-state index contributed by atoms with van der Waals surface area (Å²) < 4.78 is 11.8. The molecule has 0 aromatic heterocycles. The Balaban J connectivity index is 1.70. The van der Waals surface area contributed by atoms with Crippen molar-refractivity contribution in [3.05, 3.63) is 51.5 Å². The van der Waals surface area contributed by atoms with Crippen molar-refractivity contribution in [2.24, 2.45) is 0 Å². The van der Waals surface area contributed by atoms with Crippen molar-refractivity contribution < 1.29 is 14.3 Å². The SMILES string of the molecule is COc1ccc(C(=O)Nc2c(Cl)cccc2Cl)c2c1OC1(CCCC1)C2. The highest BCUT2D eigenvalue weighted by atomic mass is 35.5. The fourth-order valence-corrected chi connectivity index (χ4v) is 4.43. The normalized spacial score (nSPS) is 17.0. The van der Waals surface area contributed by atoms with Gasteiger partial charge in [-0.3, -0.25) is 4.79 Å². The molecule has 1 aliphatic heterocycles. The van der Waals surface area contributed by atoms with E-state index < -0.39 is 0 Å². The molecule has 0 unspecified atom stereocenters. The number of rotatable bonds is 3. The van der Waals surface area contributed by atoms with Crippen LogP contribution in [0.15, 0.2) is 30.3 Å². The Labute approximate surface area is 162 Å². The number of ether oxygens (including phenoxy) is 2. The number of methoxy groups -OCH3 is 1. The highest BCUT2D eigenvalue weighted by Crippen LogP contribution is 2.49. The van der Waals surface area contributed by atoms with Crippen LogP contribution in [0.5, 0.6) is 11.5 Å². The number of amides is 1. The molecule has 0 atom stereocenters. The van der Waals surface area contributed by atoms with Crippen LogP contribution in [0.1, 0.15) is 41.6 Å². The second-order valence-electron chi connectivity index (χ2n) is 6.84. The minimum atomic E-state index is -0.252. The largest absolute Gasteiger partial charge is 0.493 e. The van der Waals surface area contributed by atoms with Gasteiger partial charge in [-0.25, -0.2) is 0 Å². The van der Waals surface area contributed by atoms with Gasteiger partial charge in [-0.2, -0.15) is 0 Å². The predicted molar refractivity (Wildman–Crippen MR) is 103 cm³/mol. The van der Waals surface area contributed by atoms with E-state index in [0.29, 0.717) is 32.8 Å². The van der Waals surface area contributed by atoms with E-state index in [-0.39, 0.29) is 11.5 Å². The Morgan fingerprint density at radius 2 is 1.85 bits per heavy atom. The number of carbonyl (C=O) groups is 1. The van der Waals surface area contributed by atoms with E-state index in [1.54, 1.807) is 37.4 Å². The van der Waals surface area contributed by atoms with Gasteiger partial charge in [0.25, 0.3) is 5.91 Å². The van der Waals surface area contributed by atoms with E-state index in [9.17, 15) is 4.79 Å². The number of carbonyl (C=O) groups excluding carboxylic acids is 1. The van der Waals surface area contributed by atoms with Crippen LogP contribution in [0, 0.1) is 0 Å². The summed E-state index contributed by atoms with van der Waals surface area (Å²) in [4.78, 5) is 13.0. The minimum absolute atomic E-state index is 0.200. The van der Waals surface area contributed by atoms with Gasteiger partial charge in [-0.15, -0.1) is 0 Å². The van der Waals surface area contributed by atoms with Crippen LogP contribution in [0.4, 0.5) is 5.69 Å². The first-order valence-corrected chi connectivity index (χ1v) is 9.43. The summed E-state index contributed by atoms with van der Waals surface area (Å²) in [5.74, 6) is 1.10. The van der Waals surface area contributed by atoms with E-state index in [2.05, 4.69) is 5.32 Å². The van der Waals surface area contributed by atoms with Crippen molar-refractivity contribution in [2.45, 2.75) is 37.7 Å². The molecule has 6 heteroatoms. The molecule has 2 aromatic carbocycles. The third kappa shape index (κ3) is 2.91. The second kappa shape index (κ2) is 6.67. The number of hydrogen-bond donors (Lipinski definition) is 1. The van der Waals surface area contributed by atoms with Gasteiger partial charge < -0.3 is 14.8 Å². The zero-order valence-electron chi connectivity index (χ0n) is 14.4. The van der Waals surface area contributed by atoms with E-state index >= 15 is 0 Å². The molecule has 136 valence electrons. The Morgan fingerprint density at radius 3 is 2.50 bits per heavy atom. The molecule has 0 saturated heterocycles. The molecule has 2 aromatic rings. The molecule has 1 fully saturated rings. The smallest absolute Gasteiger partial charge is 0.256 e. The van der Waals surface area contributed by atoms with Crippen molar-refractivity contribution in [1.29, 1.82) is 0 Å². The Bertz CT molecular complexity index is 855. The highest BCUT2D eigenvalue weighted by Gasteiger charge is 2.44. The average molecular weight is 392 g/mol. The Kier molecular flexibility index (Phi) is 4.49. The predicted octanol–water partition coefficient (Wildman–Crippen LogP) is 5.50. The lowest BCUT2D eigenvalue weighted by Gasteiger charge is -2.22. The van der Waals surface area contributed by atoms with Crippen molar-refractivity contribution in [3.63, 3.8) is 0 Å². The summed E-state index contributed by atoms with van der Waals surface area (Å²) in [6.07, 6.45) is 5.02. The number of hydrogen-bond acceptors (Lipinski definition) is 3. The van der Waals surface area contributed by atoms with Crippen molar-refractivity contribution >= 4 is 34.8 Å². The number of para-hydroxylation sites is 1. The van der Waals surface area contributed by atoms with Crippen LogP contribution in [-0.2, 0) is 6.42 Å². The zero-order chi connectivity index (χ0) is 18.3. The number of halogens is 2. The second-order valence-corrected chi connectivity index (χ2v) is 7.66. The zero-order valence-corrected chi connectivity index (χ0v) is 15.9. The van der Waals surface area contributed by atoms with Gasteiger partial charge in [-0.1, -0.05) is 29.3 Å². The maximum absolute atomic E-state index is 13.0. The molecule has 2 aliphatic rings. The summed E-state index contributed by atoms with van der Waals surface area (Å²) >= 11 is 12.4. The van der Waals surface area contributed by atoms with Gasteiger partial charge in [0.1, 0.15) is 5.60 Å². The summed E-state index contributed by atoms with van der Waals surface area (Å²) in [6, 6.07) is 8.67. The van der Waals surface area contributed by atoms with E-state index in [0.717, 1.165) is 37.7 Å². The summed E-state index contributed by atoms with van der Waals surface area (Å²) in [5.41, 5.74) is 1.68. The number of nitrogens with one attached hydrogen (secondary N) is 1. The molecule has 0 radical (unpaired) electrons. The van der Waals surface area contributed by atoms with E-state index in [4.69, 9.17) is 32.7 Å². The fourth-order valence-electron chi connectivity index (χ4n) is 3.94. The number of fused-ring (bicyclic) bond motifs is 1. The minimum Gasteiger partial charge on any atom is -0.493 e. The molecule has 4 nitrogen and oxygen atoms in total. The molecule has 0 bridgehead atoms. The molecule has 1 N–H and O–H groups in total. The monoisotopic (exact) mass is 391 g/mol. The highest BCUT2D eigenvalue weighted by molar-refractivity contribution is 6.40. The van der Waals surface area contributed by atoms with Crippen LogP contribution < -0.4 is 14.8 Å². The quantitative estimate of drug-likeness (QED) is 0.750. The number of benzene rings is 2. The van der Waals surface area contributed by atoms with Gasteiger partial charge in [0, 0.05) is 17.5 Å². The third-order valence-corrected chi connectivity index (χ3v) is 5.85. The molecule has 1 spiro atoms. The third-order valence-electron chi connectivity index (χ3n) is 5.22. The van der Waals surface area contributed by atoms with E-state index in [1.165, 1.54) is 0 Å². The molecule has 26 heavy (non-hydrogen) atoms. The first-order valence-electron chi connectivity index (χ1n) is 8.67. The summed E-state index contributed by atoms with van der Waals surface area (Å²) in [7, 11) is 1.61. The lowest BCUT2D eigenvalue weighted by molar-refractivity contribution is 0.0995. The van der Waals surface area contributed by atoms with Crippen LogP contribution in [0.2, 0.25) is 10.0 Å². The number of anilines is 1. The van der Waals surface area contributed by atoms with E-state index in [1.807, 2.05) is 0 Å². The Hall–Kier alpha value is -1.91. The van der Waals surface area contributed by atoms with Crippen LogP contribution in [0.3, 0.4) is 0 Å². The van der Waals surface area contributed by atoms with Gasteiger partial charge in [-0.05, 0) is 49.9 Å². The van der Waals surface area contributed by atoms with Crippen LogP contribution in [0.25, 0.3) is 0 Å². The molecule has 1 aliphatic carbocycles. The molecular formula is C20H19Cl2NO3. The first kappa shape index (κ1) is 17.5. The fraction of sp³-hybridized carbons (Fsp3) is 0.350. The molecule has 1 amide bonds. The molecular weight excluding hydrogens is 373 g/mol. The van der Waals surface area contributed by atoms with Gasteiger partial charge in [0.2, 0.25) is 0 Å². The summed E-state index contributed by atoms with van der Waals surface area (Å²) in [6.45, 7) is 0. The molecule has 1 saturated carbocycles. The summed E-state index contributed by atoms with van der Waals surface area (Å²) in [5, 5.41) is 3.65. The van der Waals surface area contributed by atoms with Gasteiger partial charge in [0.05, 0.1) is 22.8 Å². The molecule has 4 rings (SSSR count). The first-order chi connectivity index (χ1) is 12.5. The topological polar surface area (TPSA) is 47.6 Å². The molecule has 1 heterocycles. The average Bonchev–Trinajstić information content (AvgIpc) is 3.23. The standard InChI is InChI=1S/C20H19Cl2NO3/c1-25-16-8-7-12(13-11-20(26-18(13)16)9-2-3-10-20)19(24)23-17-14(21)5-4-6-15(17)22/h4-8H,2-3,9-11H2,1H3,(H,23,24). The lowest BCUT2D eigenvalue weighted by Crippen LogP contribution is -2.30. The van der Waals surface area contributed by atoms with Crippen molar-refractivity contribution in [2.75, 3.05) is 12.4 Å². The lowest BCUT2D eigenvalue weighted by atomic mass is 9.92. The Morgan fingerprint density at radius 1 is 1.15 bits per heavy atom. The maximum atomic E-state index is 13.0. The van der Waals surface area contributed by atoms with Gasteiger partial charge >= 0.3 is 0 Å². The van der Waals surface area contributed by atoms with Crippen molar-refractivity contribution in [1.82, 2.24) is 0 Å².